The zero-order valence-electron chi connectivity index (χ0n) is 12.0. The van der Waals surface area contributed by atoms with Crippen molar-refractivity contribution in [3.8, 4) is 0 Å². The summed E-state index contributed by atoms with van der Waals surface area (Å²) in [6.45, 7) is 4.80. The van der Waals surface area contributed by atoms with E-state index in [0.717, 1.165) is 19.3 Å². The highest BCUT2D eigenvalue weighted by Gasteiger charge is 2.39. The molecule has 2 saturated heterocycles. The number of nitrogens with two attached hydrogens (primary N) is 1. The number of hydrogen-bond acceptors (Lipinski definition) is 3. The summed E-state index contributed by atoms with van der Waals surface area (Å²) in [5.41, 5.74) is 6.03. The van der Waals surface area contributed by atoms with Crippen molar-refractivity contribution < 1.29 is 9.59 Å². The lowest BCUT2D eigenvalue weighted by Crippen LogP contribution is -2.55. The number of nitrogens with one attached hydrogen (secondary N) is 1. The van der Waals surface area contributed by atoms with Gasteiger partial charge >= 0.3 is 6.03 Å². The van der Waals surface area contributed by atoms with Crippen LogP contribution in [0.15, 0.2) is 0 Å². The molecule has 112 valence electrons. The van der Waals surface area contributed by atoms with E-state index in [1.807, 2.05) is 9.80 Å². The summed E-state index contributed by atoms with van der Waals surface area (Å²) in [6.07, 6.45) is 2.76. The average Bonchev–Trinajstić information content (AvgIpc) is 2.82. The number of rotatable bonds is 1. The van der Waals surface area contributed by atoms with Gasteiger partial charge in [-0.2, -0.15) is 0 Å². The van der Waals surface area contributed by atoms with Crippen molar-refractivity contribution in [2.45, 2.75) is 38.3 Å². The van der Waals surface area contributed by atoms with Crippen molar-refractivity contribution in [1.29, 1.82) is 0 Å². The Hall–Kier alpha value is -1.30. The molecular formula is C14H24N4O2. The average molecular weight is 280 g/mol. The maximum Gasteiger partial charge on any atom is 0.317 e. The molecule has 3 amide bonds. The summed E-state index contributed by atoms with van der Waals surface area (Å²) < 4.78 is 0. The maximum atomic E-state index is 12.6. The predicted octanol–water partition coefficient (Wildman–Crippen LogP) is -0.0141. The van der Waals surface area contributed by atoms with E-state index in [0.29, 0.717) is 32.1 Å². The molecule has 1 saturated carbocycles. The van der Waals surface area contributed by atoms with Crippen LogP contribution in [0.1, 0.15) is 26.2 Å². The van der Waals surface area contributed by atoms with Gasteiger partial charge in [0.05, 0.1) is 6.04 Å². The van der Waals surface area contributed by atoms with E-state index in [2.05, 4.69) is 12.2 Å². The Morgan fingerprint density at radius 1 is 1.35 bits per heavy atom. The zero-order valence-corrected chi connectivity index (χ0v) is 12.0. The first kappa shape index (κ1) is 13.7. The lowest BCUT2D eigenvalue weighted by molar-refractivity contribution is -0.139. The molecule has 4 unspecified atom stereocenters. The molecule has 3 fully saturated rings. The second-order valence-corrected chi connectivity index (χ2v) is 6.47. The van der Waals surface area contributed by atoms with Gasteiger partial charge in [0.15, 0.2) is 0 Å². The standard InChI is InChI=1S/C14H24N4O2/c1-9-6-10(2-3-12(9)15)13(19)17-4-5-18-11(8-17)7-16-14(18)20/h9-12H,2-8,15H2,1H3,(H,16,20). The van der Waals surface area contributed by atoms with E-state index in [9.17, 15) is 9.59 Å². The van der Waals surface area contributed by atoms with Crippen LogP contribution < -0.4 is 11.1 Å². The van der Waals surface area contributed by atoms with Crippen molar-refractivity contribution in [3.63, 3.8) is 0 Å². The van der Waals surface area contributed by atoms with E-state index in [-0.39, 0.29) is 29.9 Å². The predicted molar refractivity (Wildman–Crippen MR) is 75.0 cm³/mol. The number of carbonyl (C=O) groups excluding carboxylic acids is 2. The number of fused-ring (bicyclic) bond motifs is 1. The van der Waals surface area contributed by atoms with Gasteiger partial charge in [0.1, 0.15) is 0 Å². The molecule has 2 aliphatic heterocycles. The summed E-state index contributed by atoms with van der Waals surface area (Å²) in [7, 11) is 0. The Balaban J connectivity index is 1.60. The summed E-state index contributed by atoms with van der Waals surface area (Å²) in [5, 5.41) is 2.85. The fraction of sp³-hybridized carbons (Fsp3) is 0.857. The molecule has 0 radical (unpaired) electrons. The Morgan fingerprint density at radius 2 is 2.15 bits per heavy atom. The molecule has 6 heteroatoms. The summed E-state index contributed by atoms with van der Waals surface area (Å²) >= 11 is 0. The van der Waals surface area contributed by atoms with Crippen LogP contribution in [0.25, 0.3) is 0 Å². The SMILES string of the molecule is CC1CC(C(=O)N2CCN3C(=O)NCC3C2)CCC1N. The molecule has 3 N–H and O–H groups in total. The minimum atomic E-state index is 0.0133. The Kier molecular flexibility index (Phi) is 3.58. The van der Waals surface area contributed by atoms with Crippen molar-refractivity contribution in [3.05, 3.63) is 0 Å². The van der Waals surface area contributed by atoms with Crippen LogP contribution in [0, 0.1) is 11.8 Å². The Labute approximate surface area is 119 Å². The first-order valence-corrected chi connectivity index (χ1v) is 7.65. The number of piperazine rings is 1. The molecule has 2 heterocycles. The molecule has 0 aromatic carbocycles. The van der Waals surface area contributed by atoms with Crippen LogP contribution in [-0.4, -0.2) is 60.0 Å². The monoisotopic (exact) mass is 280 g/mol. The topological polar surface area (TPSA) is 78.7 Å². The Morgan fingerprint density at radius 3 is 2.90 bits per heavy atom. The van der Waals surface area contributed by atoms with Crippen LogP contribution in [0.2, 0.25) is 0 Å². The number of amides is 3. The normalized spacial score (nSPS) is 37.6. The third-order valence-corrected chi connectivity index (χ3v) is 5.13. The van der Waals surface area contributed by atoms with Crippen LogP contribution in [0.5, 0.6) is 0 Å². The largest absolute Gasteiger partial charge is 0.339 e. The lowest BCUT2D eigenvalue weighted by atomic mass is 9.78. The van der Waals surface area contributed by atoms with Crippen molar-refractivity contribution in [2.75, 3.05) is 26.2 Å². The smallest absolute Gasteiger partial charge is 0.317 e. The molecule has 4 atom stereocenters. The quantitative estimate of drug-likeness (QED) is 0.709. The van der Waals surface area contributed by atoms with Gasteiger partial charge < -0.3 is 20.9 Å². The molecule has 1 aliphatic carbocycles. The third-order valence-electron chi connectivity index (χ3n) is 5.13. The number of urea groups is 1. The minimum Gasteiger partial charge on any atom is -0.339 e. The molecule has 6 nitrogen and oxygen atoms in total. The minimum absolute atomic E-state index is 0.0133. The highest BCUT2D eigenvalue weighted by atomic mass is 16.2. The van der Waals surface area contributed by atoms with Gasteiger partial charge in [0, 0.05) is 38.1 Å². The van der Waals surface area contributed by atoms with Crippen LogP contribution in [-0.2, 0) is 4.79 Å². The fourth-order valence-electron chi connectivity index (χ4n) is 3.71. The van der Waals surface area contributed by atoms with Gasteiger partial charge in [0.2, 0.25) is 5.91 Å². The highest BCUT2D eigenvalue weighted by molar-refractivity contribution is 5.81. The first-order chi connectivity index (χ1) is 9.56. The van der Waals surface area contributed by atoms with Gasteiger partial charge in [-0.05, 0) is 25.2 Å². The second-order valence-electron chi connectivity index (χ2n) is 6.47. The summed E-state index contributed by atoms with van der Waals surface area (Å²) in [5.74, 6) is 0.817. The fourth-order valence-corrected chi connectivity index (χ4v) is 3.71. The third kappa shape index (κ3) is 2.37. The van der Waals surface area contributed by atoms with E-state index in [4.69, 9.17) is 5.73 Å². The Bertz CT molecular complexity index is 414. The molecule has 0 aromatic rings. The number of nitrogens with zero attached hydrogens (tertiary/aromatic N) is 2. The van der Waals surface area contributed by atoms with Crippen molar-refractivity contribution >= 4 is 11.9 Å². The van der Waals surface area contributed by atoms with E-state index >= 15 is 0 Å². The summed E-state index contributed by atoms with van der Waals surface area (Å²) in [6, 6.07) is 0.412. The van der Waals surface area contributed by atoms with Gasteiger partial charge in [-0.3, -0.25) is 4.79 Å². The first-order valence-electron chi connectivity index (χ1n) is 7.65. The molecular weight excluding hydrogens is 256 g/mol. The maximum absolute atomic E-state index is 12.6. The van der Waals surface area contributed by atoms with Crippen molar-refractivity contribution in [2.24, 2.45) is 17.6 Å². The molecule has 0 bridgehead atoms. The molecule has 0 aromatic heterocycles. The van der Waals surface area contributed by atoms with Gasteiger partial charge in [-0.25, -0.2) is 4.79 Å². The number of carbonyl (C=O) groups is 2. The van der Waals surface area contributed by atoms with E-state index < -0.39 is 0 Å². The number of hydrogen-bond donors (Lipinski definition) is 2. The van der Waals surface area contributed by atoms with Crippen LogP contribution in [0.3, 0.4) is 0 Å². The van der Waals surface area contributed by atoms with Crippen molar-refractivity contribution in [1.82, 2.24) is 15.1 Å². The zero-order chi connectivity index (χ0) is 14.3. The second kappa shape index (κ2) is 5.24. The summed E-state index contributed by atoms with van der Waals surface area (Å²) in [4.78, 5) is 28.0. The van der Waals surface area contributed by atoms with E-state index in [1.54, 1.807) is 0 Å². The highest BCUT2D eigenvalue weighted by Crippen LogP contribution is 2.30. The van der Waals surface area contributed by atoms with Gasteiger partial charge in [-0.1, -0.05) is 6.92 Å². The van der Waals surface area contributed by atoms with Gasteiger partial charge in [0.25, 0.3) is 0 Å². The molecule has 0 spiro atoms. The van der Waals surface area contributed by atoms with E-state index in [1.165, 1.54) is 0 Å². The molecule has 3 rings (SSSR count). The lowest BCUT2D eigenvalue weighted by Gasteiger charge is -2.40. The van der Waals surface area contributed by atoms with Gasteiger partial charge in [-0.15, -0.1) is 0 Å². The van der Waals surface area contributed by atoms with Crippen LogP contribution in [0.4, 0.5) is 4.79 Å². The van der Waals surface area contributed by atoms with Crippen LogP contribution >= 0.6 is 0 Å². The molecule has 20 heavy (non-hydrogen) atoms. The molecule has 3 aliphatic rings.